The van der Waals surface area contributed by atoms with E-state index in [1.54, 1.807) is 0 Å². The molecular weight excluding hydrogens is 465 g/mol. The number of esters is 1. The number of nitrogens with zero attached hydrogens (tertiary/aromatic N) is 1. The van der Waals surface area contributed by atoms with Gasteiger partial charge in [0.25, 0.3) is 11.6 Å². The summed E-state index contributed by atoms with van der Waals surface area (Å²) < 4.78 is 4.81. The van der Waals surface area contributed by atoms with Crippen molar-refractivity contribution in [3.8, 4) is 0 Å². The Bertz CT molecular complexity index is 924. The molecule has 0 spiro atoms. The van der Waals surface area contributed by atoms with Crippen LogP contribution in [0.3, 0.4) is 0 Å². The molecule has 0 aromatic heterocycles. The zero-order valence-corrected chi connectivity index (χ0v) is 16.7. The number of hydrogen-bond acceptors (Lipinski definition) is 5. The fourth-order valence-electron chi connectivity index (χ4n) is 1.85. The summed E-state index contributed by atoms with van der Waals surface area (Å²) in [5.41, 5.74) is -0.664. The fourth-order valence-corrected chi connectivity index (χ4v) is 2.94. The molecule has 0 atom stereocenters. The Morgan fingerprint density at radius 3 is 2.15 bits per heavy atom. The molecule has 27 heavy (non-hydrogen) atoms. The molecule has 0 fully saturated rings. The molecule has 0 saturated heterocycles. The molecule has 142 valence electrons. The van der Waals surface area contributed by atoms with Gasteiger partial charge in [0.15, 0.2) is 6.61 Å². The summed E-state index contributed by atoms with van der Waals surface area (Å²) in [5, 5.41) is 13.1. The van der Waals surface area contributed by atoms with E-state index in [0.717, 1.165) is 6.07 Å². The molecule has 0 aliphatic rings. The molecule has 7 nitrogen and oxygen atoms in total. The lowest BCUT2D eigenvalue weighted by Gasteiger charge is -2.12. The second kappa shape index (κ2) is 8.95. The molecule has 0 aliphatic heterocycles. The van der Waals surface area contributed by atoms with Gasteiger partial charge in [0.2, 0.25) is 0 Å². The zero-order valence-electron chi connectivity index (χ0n) is 12.9. The van der Waals surface area contributed by atoms with Crippen molar-refractivity contribution in [2.75, 3.05) is 11.9 Å². The summed E-state index contributed by atoms with van der Waals surface area (Å²) >= 11 is 29.3. The Kier molecular flexibility index (Phi) is 7.13. The molecule has 0 bridgehead atoms. The maximum absolute atomic E-state index is 12.0. The van der Waals surface area contributed by atoms with Crippen molar-refractivity contribution in [2.24, 2.45) is 0 Å². The van der Waals surface area contributed by atoms with Gasteiger partial charge in [0.05, 0.1) is 36.3 Å². The molecule has 0 heterocycles. The minimum atomic E-state index is -0.966. The van der Waals surface area contributed by atoms with Gasteiger partial charge in [0, 0.05) is 6.07 Å². The smallest absolute Gasteiger partial charge is 0.338 e. The first kappa shape index (κ1) is 21.5. The lowest BCUT2D eigenvalue weighted by Crippen LogP contribution is -2.21. The summed E-state index contributed by atoms with van der Waals surface area (Å²) in [4.78, 5) is 34.0. The number of nitro benzene ring substituents is 1. The van der Waals surface area contributed by atoms with Crippen LogP contribution in [0.2, 0.25) is 25.1 Å². The van der Waals surface area contributed by atoms with E-state index < -0.39 is 29.1 Å². The van der Waals surface area contributed by atoms with Gasteiger partial charge in [-0.3, -0.25) is 14.9 Å². The third kappa shape index (κ3) is 5.15. The van der Waals surface area contributed by atoms with Crippen molar-refractivity contribution in [1.29, 1.82) is 0 Å². The number of carbonyl (C=O) groups excluding carboxylic acids is 2. The highest BCUT2D eigenvalue weighted by molar-refractivity contribution is 6.50. The van der Waals surface area contributed by atoms with Crippen molar-refractivity contribution >= 4 is 81.3 Å². The number of anilines is 1. The monoisotopic (exact) mass is 470 g/mol. The molecule has 1 amide bonds. The molecule has 1 N–H and O–H groups in total. The summed E-state index contributed by atoms with van der Waals surface area (Å²) in [5.74, 6) is -1.75. The molecule has 2 aromatic rings. The van der Waals surface area contributed by atoms with E-state index in [9.17, 15) is 19.7 Å². The average molecular weight is 472 g/mol. The molecule has 12 heteroatoms. The van der Waals surface area contributed by atoms with Crippen molar-refractivity contribution in [3.63, 3.8) is 0 Å². The topological polar surface area (TPSA) is 98.5 Å². The van der Waals surface area contributed by atoms with Crippen LogP contribution in [0.1, 0.15) is 10.4 Å². The molecule has 0 radical (unpaired) electrons. The van der Waals surface area contributed by atoms with E-state index in [1.807, 2.05) is 0 Å². The van der Waals surface area contributed by atoms with Crippen LogP contribution < -0.4 is 5.32 Å². The number of benzene rings is 2. The second-order valence-corrected chi connectivity index (χ2v) is 6.87. The van der Waals surface area contributed by atoms with E-state index in [4.69, 9.17) is 62.7 Å². The number of nitro groups is 1. The number of halogens is 5. The first-order valence-electron chi connectivity index (χ1n) is 6.85. The molecule has 0 unspecified atom stereocenters. The van der Waals surface area contributed by atoms with E-state index in [2.05, 4.69) is 5.32 Å². The fraction of sp³-hybridized carbons (Fsp3) is 0.0667. The highest BCUT2D eigenvalue weighted by Gasteiger charge is 2.20. The van der Waals surface area contributed by atoms with Gasteiger partial charge in [-0.25, -0.2) is 4.79 Å². The summed E-state index contributed by atoms with van der Waals surface area (Å²) in [7, 11) is 0. The van der Waals surface area contributed by atoms with E-state index >= 15 is 0 Å². The van der Waals surface area contributed by atoms with Crippen LogP contribution in [-0.2, 0) is 9.53 Å². The lowest BCUT2D eigenvalue weighted by molar-refractivity contribution is -0.384. The maximum atomic E-state index is 12.0. The van der Waals surface area contributed by atoms with Crippen LogP contribution in [0.25, 0.3) is 0 Å². The van der Waals surface area contributed by atoms with E-state index in [0.29, 0.717) is 0 Å². The highest BCUT2D eigenvalue weighted by atomic mass is 35.5. The average Bonchev–Trinajstić information content (AvgIpc) is 2.61. The third-order valence-corrected chi connectivity index (χ3v) is 4.98. The first-order chi connectivity index (χ1) is 12.6. The quantitative estimate of drug-likeness (QED) is 0.262. The Morgan fingerprint density at radius 2 is 1.59 bits per heavy atom. The van der Waals surface area contributed by atoms with Gasteiger partial charge in [-0.15, -0.1) is 0 Å². The Balaban J connectivity index is 2.08. The predicted molar refractivity (Wildman–Crippen MR) is 104 cm³/mol. The van der Waals surface area contributed by atoms with Gasteiger partial charge in [-0.2, -0.15) is 0 Å². The normalized spacial score (nSPS) is 10.4. The van der Waals surface area contributed by atoms with Crippen molar-refractivity contribution in [2.45, 2.75) is 0 Å². The van der Waals surface area contributed by atoms with Crippen LogP contribution in [0.4, 0.5) is 11.4 Å². The number of ether oxygens (including phenoxy) is 1. The van der Waals surface area contributed by atoms with Gasteiger partial charge < -0.3 is 10.1 Å². The zero-order chi connectivity index (χ0) is 20.3. The van der Waals surface area contributed by atoms with Gasteiger partial charge in [-0.1, -0.05) is 58.0 Å². The van der Waals surface area contributed by atoms with Crippen LogP contribution in [-0.4, -0.2) is 23.4 Å². The van der Waals surface area contributed by atoms with Crippen molar-refractivity contribution in [3.05, 3.63) is 65.1 Å². The number of rotatable bonds is 5. The minimum Gasteiger partial charge on any atom is -0.452 e. The van der Waals surface area contributed by atoms with Gasteiger partial charge in [0.1, 0.15) is 5.02 Å². The lowest BCUT2D eigenvalue weighted by atomic mass is 10.2. The number of nitrogens with one attached hydrogen (secondary N) is 1. The number of amides is 1. The van der Waals surface area contributed by atoms with E-state index in [1.165, 1.54) is 18.2 Å². The molecule has 0 saturated carbocycles. The standard InChI is InChI=1S/C15H7Cl5N2O5/c16-7-2-1-6(3-10(7)22(25)26)15(24)27-5-11(23)21-14-12(19)8(17)4-9(18)13(14)20/h1-4H,5H2,(H,21,23). The molecular formula is C15H7Cl5N2O5. The van der Waals surface area contributed by atoms with Crippen LogP contribution in [0, 0.1) is 10.1 Å². The first-order valence-corrected chi connectivity index (χ1v) is 8.74. The van der Waals surface area contributed by atoms with Crippen LogP contribution in [0.15, 0.2) is 24.3 Å². The van der Waals surface area contributed by atoms with Crippen molar-refractivity contribution in [1.82, 2.24) is 0 Å². The molecule has 0 aliphatic carbocycles. The number of hydrogen-bond donors (Lipinski definition) is 1. The second-order valence-electron chi connectivity index (χ2n) is 4.89. The Labute approximate surface area is 177 Å². The Morgan fingerprint density at radius 1 is 1.00 bits per heavy atom. The summed E-state index contributed by atoms with van der Waals surface area (Å²) in [6, 6.07) is 4.63. The molecule has 2 rings (SSSR count). The summed E-state index contributed by atoms with van der Waals surface area (Å²) in [6.07, 6.45) is 0. The molecule has 2 aromatic carbocycles. The highest BCUT2D eigenvalue weighted by Crippen LogP contribution is 2.41. The van der Waals surface area contributed by atoms with Crippen LogP contribution in [0.5, 0.6) is 0 Å². The summed E-state index contributed by atoms with van der Waals surface area (Å²) in [6.45, 7) is -0.716. The predicted octanol–water partition coefficient (Wildman–Crippen LogP) is 5.66. The SMILES string of the molecule is O=C(COC(=O)c1ccc(Cl)c([N+](=O)[O-])c1)Nc1c(Cl)c(Cl)cc(Cl)c1Cl. The third-order valence-electron chi connectivity index (χ3n) is 3.09. The van der Waals surface area contributed by atoms with E-state index in [-0.39, 0.29) is 36.4 Å². The van der Waals surface area contributed by atoms with Gasteiger partial charge in [-0.05, 0) is 18.2 Å². The minimum absolute atomic E-state index is 0.0425. The van der Waals surface area contributed by atoms with Gasteiger partial charge >= 0.3 is 5.97 Å². The maximum Gasteiger partial charge on any atom is 0.338 e. The Hall–Kier alpha value is -1.77. The van der Waals surface area contributed by atoms with Crippen LogP contribution >= 0.6 is 58.0 Å². The van der Waals surface area contributed by atoms with Crippen molar-refractivity contribution < 1.29 is 19.2 Å². The largest absolute Gasteiger partial charge is 0.452 e. The number of carbonyl (C=O) groups is 2.